The molecule has 0 amide bonds. The number of para-hydroxylation sites is 1. The van der Waals surface area contributed by atoms with Crippen molar-refractivity contribution < 1.29 is 4.74 Å². The Morgan fingerprint density at radius 1 is 0.821 bits per heavy atom. The quantitative estimate of drug-likeness (QED) is 0.337. The molecule has 0 saturated heterocycles. The van der Waals surface area contributed by atoms with Gasteiger partial charge in [0.15, 0.2) is 0 Å². The van der Waals surface area contributed by atoms with Gasteiger partial charge in [-0.1, -0.05) is 30.3 Å². The van der Waals surface area contributed by atoms with Crippen molar-refractivity contribution in [3.63, 3.8) is 0 Å². The Hall–Kier alpha value is -2.87. The second-order valence-electron chi connectivity index (χ2n) is 8.63. The summed E-state index contributed by atoms with van der Waals surface area (Å²) in [7, 11) is 0. The molecular formula is C26H25NO. The van der Waals surface area contributed by atoms with Crippen molar-refractivity contribution in [2.24, 2.45) is 0 Å². The van der Waals surface area contributed by atoms with Crippen LogP contribution in [0.25, 0.3) is 32.9 Å². The van der Waals surface area contributed by atoms with Crippen LogP contribution in [-0.4, -0.2) is 4.98 Å². The standard InChI is InChI=1S/C26H25NO/c1-14-11-18-13-21-24-23(16(3)19-9-7-8-10-22(19)27-24)26(5,6)28-25(21)17(4)20(18)12-15(14)2/h7-13H,1-6H3. The molecule has 0 radical (unpaired) electrons. The average Bonchev–Trinajstić information content (AvgIpc) is 2.64. The third-order valence-electron chi connectivity index (χ3n) is 6.32. The van der Waals surface area contributed by atoms with Crippen molar-refractivity contribution in [2.75, 3.05) is 0 Å². The molecule has 4 aromatic rings. The van der Waals surface area contributed by atoms with Crippen LogP contribution in [0.3, 0.4) is 0 Å². The summed E-state index contributed by atoms with van der Waals surface area (Å²) in [6, 6.07) is 15.2. The number of rotatable bonds is 0. The maximum absolute atomic E-state index is 6.64. The van der Waals surface area contributed by atoms with Crippen molar-refractivity contribution in [1.82, 2.24) is 4.98 Å². The summed E-state index contributed by atoms with van der Waals surface area (Å²) in [6.07, 6.45) is 0. The van der Waals surface area contributed by atoms with Crippen LogP contribution in [0.4, 0.5) is 0 Å². The van der Waals surface area contributed by atoms with E-state index in [1.807, 2.05) is 0 Å². The van der Waals surface area contributed by atoms with Crippen LogP contribution in [0.2, 0.25) is 0 Å². The first-order valence-corrected chi connectivity index (χ1v) is 9.91. The largest absolute Gasteiger partial charge is 0.482 e. The van der Waals surface area contributed by atoms with Crippen LogP contribution in [0.5, 0.6) is 5.75 Å². The van der Waals surface area contributed by atoms with Gasteiger partial charge in [0.2, 0.25) is 0 Å². The van der Waals surface area contributed by atoms with E-state index in [9.17, 15) is 0 Å². The van der Waals surface area contributed by atoms with Gasteiger partial charge in [0, 0.05) is 16.5 Å². The highest BCUT2D eigenvalue weighted by atomic mass is 16.5. The molecule has 0 unspecified atom stereocenters. The summed E-state index contributed by atoms with van der Waals surface area (Å²) in [5.41, 5.74) is 9.05. The number of aromatic nitrogens is 1. The monoisotopic (exact) mass is 367 g/mol. The lowest BCUT2D eigenvalue weighted by molar-refractivity contribution is 0.104. The fourth-order valence-electron chi connectivity index (χ4n) is 4.75. The second kappa shape index (κ2) is 5.57. The fraction of sp³-hybridized carbons (Fsp3) is 0.269. The SMILES string of the molecule is Cc1cc2cc3c(c(C)c2cc1C)OC(C)(C)c1c-3nc2ccccc2c1C. The summed E-state index contributed by atoms with van der Waals surface area (Å²) >= 11 is 0. The van der Waals surface area contributed by atoms with Crippen molar-refractivity contribution in [1.29, 1.82) is 0 Å². The van der Waals surface area contributed by atoms with Crippen LogP contribution < -0.4 is 4.74 Å². The number of fused-ring (bicyclic) bond motifs is 5. The topological polar surface area (TPSA) is 22.1 Å². The number of nitrogens with zero attached hydrogens (tertiary/aromatic N) is 1. The maximum atomic E-state index is 6.64. The van der Waals surface area contributed by atoms with Crippen molar-refractivity contribution in [3.8, 4) is 17.0 Å². The van der Waals surface area contributed by atoms with Gasteiger partial charge in [0.1, 0.15) is 11.4 Å². The zero-order chi connectivity index (χ0) is 19.8. The average molecular weight is 367 g/mol. The molecule has 0 N–H and O–H groups in total. The van der Waals surface area contributed by atoms with E-state index in [-0.39, 0.29) is 0 Å². The lowest BCUT2D eigenvalue weighted by Gasteiger charge is -2.37. The third kappa shape index (κ3) is 2.24. The Kier molecular flexibility index (Phi) is 3.43. The molecule has 2 heteroatoms. The molecule has 28 heavy (non-hydrogen) atoms. The molecule has 0 saturated carbocycles. The summed E-state index contributed by atoms with van der Waals surface area (Å²) in [6.45, 7) is 13.0. The van der Waals surface area contributed by atoms with Crippen LogP contribution in [0.1, 0.15) is 41.7 Å². The minimum atomic E-state index is -0.429. The van der Waals surface area contributed by atoms with E-state index in [1.165, 1.54) is 44.0 Å². The lowest BCUT2D eigenvalue weighted by atomic mass is 9.83. The second-order valence-corrected chi connectivity index (χ2v) is 8.63. The normalized spacial score (nSPS) is 14.6. The number of hydrogen-bond donors (Lipinski definition) is 0. The van der Waals surface area contributed by atoms with E-state index >= 15 is 0 Å². The Morgan fingerprint density at radius 2 is 1.54 bits per heavy atom. The van der Waals surface area contributed by atoms with Crippen molar-refractivity contribution in [2.45, 2.75) is 47.1 Å². The Bertz CT molecular complexity index is 1300. The van der Waals surface area contributed by atoms with E-state index in [2.05, 4.69) is 84.0 Å². The predicted octanol–water partition coefficient (Wildman–Crippen LogP) is 6.92. The molecule has 0 spiro atoms. The highest BCUT2D eigenvalue weighted by Crippen LogP contribution is 2.50. The predicted molar refractivity (Wildman–Crippen MR) is 117 cm³/mol. The first kappa shape index (κ1) is 17.2. The summed E-state index contributed by atoms with van der Waals surface area (Å²) in [4.78, 5) is 5.12. The third-order valence-corrected chi connectivity index (χ3v) is 6.32. The molecule has 0 atom stereocenters. The molecule has 3 aromatic carbocycles. The molecule has 5 rings (SSSR count). The first-order chi connectivity index (χ1) is 13.3. The van der Waals surface area contributed by atoms with Gasteiger partial charge in [-0.15, -0.1) is 0 Å². The van der Waals surface area contributed by atoms with Gasteiger partial charge in [0.25, 0.3) is 0 Å². The zero-order valence-corrected chi connectivity index (χ0v) is 17.4. The molecular weight excluding hydrogens is 342 g/mol. The number of pyridine rings is 1. The number of hydrogen-bond acceptors (Lipinski definition) is 2. The molecule has 140 valence electrons. The Morgan fingerprint density at radius 3 is 2.32 bits per heavy atom. The van der Waals surface area contributed by atoms with Gasteiger partial charge in [-0.05, 0) is 86.7 Å². The van der Waals surface area contributed by atoms with Gasteiger partial charge in [-0.25, -0.2) is 4.98 Å². The van der Waals surface area contributed by atoms with Crippen molar-refractivity contribution >= 4 is 21.7 Å². The van der Waals surface area contributed by atoms with E-state index in [0.717, 1.165) is 22.5 Å². The van der Waals surface area contributed by atoms with E-state index in [1.54, 1.807) is 0 Å². The molecule has 0 fully saturated rings. The summed E-state index contributed by atoms with van der Waals surface area (Å²) in [5.74, 6) is 0.968. The smallest absolute Gasteiger partial charge is 0.133 e. The Balaban J connectivity index is 1.94. The van der Waals surface area contributed by atoms with Crippen LogP contribution in [-0.2, 0) is 5.60 Å². The van der Waals surface area contributed by atoms with Crippen LogP contribution in [0.15, 0.2) is 42.5 Å². The van der Waals surface area contributed by atoms with Gasteiger partial charge < -0.3 is 4.74 Å². The van der Waals surface area contributed by atoms with E-state index in [4.69, 9.17) is 9.72 Å². The number of benzene rings is 3. The van der Waals surface area contributed by atoms with E-state index < -0.39 is 5.60 Å². The molecule has 2 heterocycles. The highest BCUT2D eigenvalue weighted by molar-refractivity contribution is 5.97. The molecule has 0 bridgehead atoms. The number of aryl methyl sites for hydroxylation is 4. The van der Waals surface area contributed by atoms with Gasteiger partial charge in [0.05, 0.1) is 11.2 Å². The molecule has 0 aliphatic carbocycles. The van der Waals surface area contributed by atoms with Crippen molar-refractivity contribution in [3.05, 3.63) is 70.3 Å². The fourth-order valence-corrected chi connectivity index (χ4v) is 4.75. The molecule has 1 aliphatic rings. The minimum Gasteiger partial charge on any atom is -0.482 e. The summed E-state index contributed by atoms with van der Waals surface area (Å²) in [5, 5.41) is 3.71. The highest BCUT2D eigenvalue weighted by Gasteiger charge is 2.37. The Labute approximate surface area is 166 Å². The maximum Gasteiger partial charge on any atom is 0.133 e. The van der Waals surface area contributed by atoms with Gasteiger partial charge in [-0.2, -0.15) is 0 Å². The zero-order valence-electron chi connectivity index (χ0n) is 17.4. The van der Waals surface area contributed by atoms with Crippen LogP contribution in [0, 0.1) is 27.7 Å². The molecule has 1 aromatic heterocycles. The molecule has 1 aliphatic heterocycles. The van der Waals surface area contributed by atoms with Gasteiger partial charge in [-0.3, -0.25) is 0 Å². The molecule has 2 nitrogen and oxygen atoms in total. The number of ether oxygens (including phenoxy) is 1. The van der Waals surface area contributed by atoms with Crippen LogP contribution >= 0.6 is 0 Å². The lowest BCUT2D eigenvalue weighted by Crippen LogP contribution is -2.31. The first-order valence-electron chi connectivity index (χ1n) is 9.91. The summed E-state index contributed by atoms with van der Waals surface area (Å²) < 4.78 is 6.64. The van der Waals surface area contributed by atoms with E-state index in [0.29, 0.717) is 0 Å². The van der Waals surface area contributed by atoms with Gasteiger partial charge >= 0.3 is 0 Å². The minimum absolute atomic E-state index is 0.429.